The minimum absolute atomic E-state index is 0.573. The standard InChI is InChI=1S/C17H25NO/c1-13-2-4-15(5-3-13)17(16-6-7-16)18-12-14-8-10-19-11-9-14/h2-5,14,16-18H,6-12H2,1H3. The summed E-state index contributed by atoms with van der Waals surface area (Å²) in [7, 11) is 0. The van der Waals surface area contributed by atoms with Crippen molar-refractivity contribution in [2.45, 2.75) is 38.6 Å². The Morgan fingerprint density at radius 2 is 1.79 bits per heavy atom. The van der Waals surface area contributed by atoms with E-state index in [1.165, 1.54) is 36.8 Å². The molecule has 0 amide bonds. The van der Waals surface area contributed by atoms with Gasteiger partial charge in [0.1, 0.15) is 0 Å². The lowest BCUT2D eigenvalue weighted by molar-refractivity contribution is 0.0652. The lowest BCUT2D eigenvalue weighted by Gasteiger charge is -2.26. The van der Waals surface area contributed by atoms with Crippen LogP contribution in [-0.2, 0) is 4.74 Å². The van der Waals surface area contributed by atoms with Gasteiger partial charge in [-0.15, -0.1) is 0 Å². The molecule has 2 aliphatic rings. The van der Waals surface area contributed by atoms with E-state index in [1.54, 1.807) is 0 Å². The van der Waals surface area contributed by atoms with Crippen molar-refractivity contribution in [1.29, 1.82) is 0 Å². The molecule has 1 aliphatic heterocycles. The molecule has 1 saturated carbocycles. The van der Waals surface area contributed by atoms with Gasteiger partial charge < -0.3 is 10.1 Å². The molecule has 0 radical (unpaired) electrons. The van der Waals surface area contributed by atoms with E-state index in [4.69, 9.17) is 4.74 Å². The molecule has 0 bridgehead atoms. The molecule has 0 spiro atoms. The van der Waals surface area contributed by atoms with Crippen LogP contribution >= 0.6 is 0 Å². The molecule has 1 aromatic carbocycles. The zero-order valence-corrected chi connectivity index (χ0v) is 11.9. The summed E-state index contributed by atoms with van der Waals surface area (Å²) < 4.78 is 5.44. The van der Waals surface area contributed by atoms with Crippen LogP contribution in [0.15, 0.2) is 24.3 Å². The van der Waals surface area contributed by atoms with Gasteiger partial charge >= 0.3 is 0 Å². The van der Waals surface area contributed by atoms with Crippen LogP contribution < -0.4 is 5.32 Å². The van der Waals surface area contributed by atoms with Crippen molar-refractivity contribution in [3.8, 4) is 0 Å². The van der Waals surface area contributed by atoms with Crippen LogP contribution in [0.1, 0.15) is 42.9 Å². The number of hydrogen-bond acceptors (Lipinski definition) is 2. The van der Waals surface area contributed by atoms with E-state index < -0.39 is 0 Å². The van der Waals surface area contributed by atoms with Gasteiger partial charge in [0.25, 0.3) is 0 Å². The van der Waals surface area contributed by atoms with Crippen LogP contribution in [0.3, 0.4) is 0 Å². The lowest BCUT2D eigenvalue weighted by atomic mass is 9.97. The smallest absolute Gasteiger partial charge is 0.0469 e. The third-order valence-electron chi connectivity index (χ3n) is 4.50. The second-order valence-electron chi connectivity index (χ2n) is 6.19. The summed E-state index contributed by atoms with van der Waals surface area (Å²) in [6.45, 7) is 5.21. The van der Waals surface area contributed by atoms with Crippen LogP contribution in [0.4, 0.5) is 0 Å². The first-order chi connectivity index (χ1) is 9.33. The predicted octanol–water partition coefficient (Wildman–Crippen LogP) is 3.46. The summed E-state index contributed by atoms with van der Waals surface area (Å²) in [5.41, 5.74) is 2.82. The van der Waals surface area contributed by atoms with E-state index in [2.05, 4.69) is 36.5 Å². The van der Waals surface area contributed by atoms with E-state index in [0.29, 0.717) is 6.04 Å². The van der Waals surface area contributed by atoms with Gasteiger partial charge in [-0.05, 0) is 56.6 Å². The van der Waals surface area contributed by atoms with Gasteiger partial charge in [-0.1, -0.05) is 29.8 Å². The fourth-order valence-corrected chi connectivity index (χ4v) is 3.00. The van der Waals surface area contributed by atoms with E-state index in [1.807, 2.05) is 0 Å². The first-order valence-corrected chi connectivity index (χ1v) is 7.70. The van der Waals surface area contributed by atoms with Gasteiger partial charge in [0.05, 0.1) is 0 Å². The Morgan fingerprint density at radius 3 is 2.42 bits per heavy atom. The number of nitrogens with one attached hydrogen (secondary N) is 1. The van der Waals surface area contributed by atoms with E-state index in [9.17, 15) is 0 Å². The Morgan fingerprint density at radius 1 is 1.11 bits per heavy atom. The molecular weight excluding hydrogens is 234 g/mol. The molecule has 1 saturated heterocycles. The molecule has 0 aromatic heterocycles. The molecule has 2 fully saturated rings. The van der Waals surface area contributed by atoms with Crippen molar-refractivity contribution < 1.29 is 4.74 Å². The van der Waals surface area contributed by atoms with E-state index in [-0.39, 0.29) is 0 Å². The fraction of sp³-hybridized carbons (Fsp3) is 0.647. The number of hydrogen-bond donors (Lipinski definition) is 1. The van der Waals surface area contributed by atoms with E-state index in [0.717, 1.165) is 31.6 Å². The predicted molar refractivity (Wildman–Crippen MR) is 78.2 cm³/mol. The highest BCUT2D eigenvalue weighted by Crippen LogP contribution is 2.41. The average Bonchev–Trinajstić information content (AvgIpc) is 3.27. The Hall–Kier alpha value is -0.860. The normalized spacial score (nSPS) is 22.4. The molecule has 1 atom stereocenters. The third-order valence-corrected chi connectivity index (χ3v) is 4.50. The highest BCUT2D eigenvalue weighted by Gasteiger charge is 2.32. The van der Waals surface area contributed by atoms with Crippen molar-refractivity contribution in [2.75, 3.05) is 19.8 Å². The molecular formula is C17H25NO. The lowest BCUT2D eigenvalue weighted by Crippen LogP contribution is -2.31. The number of aryl methyl sites for hydroxylation is 1. The summed E-state index contributed by atoms with van der Waals surface area (Å²) in [6.07, 6.45) is 5.22. The van der Waals surface area contributed by atoms with E-state index >= 15 is 0 Å². The minimum atomic E-state index is 0.573. The van der Waals surface area contributed by atoms with Crippen molar-refractivity contribution in [1.82, 2.24) is 5.32 Å². The Balaban J connectivity index is 1.59. The highest BCUT2D eigenvalue weighted by atomic mass is 16.5. The van der Waals surface area contributed by atoms with Gasteiger partial charge in [-0.3, -0.25) is 0 Å². The van der Waals surface area contributed by atoms with Crippen LogP contribution in [0.5, 0.6) is 0 Å². The van der Waals surface area contributed by atoms with Crippen LogP contribution in [0.2, 0.25) is 0 Å². The van der Waals surface area contributed by atoms with Crippen molar-refractivity contribution >= 4 is 0 Å². The summed E-state index contributed by atoms with van der Waals surface area (Å²) in [5, 5.41) is 3.83. The largest absolute Gasteiger partial charge is 0.381 e. The van der Waals surface area contributed by atoms with Crippen molar-refractivity contribution in [3.63, 3.8) is 0 Å². The van der Waals surface area contributed by atoms with Crippen LogP contribution in [0.25, 0.3) is 0 Å². The summed E-state index contributed by atoms with van der Waals surface area (Å²) in [5.74, 6) is 1.67. The summed E-state index contributed by atoms with van der Waals surface area (Å²) in [6, 6.07) is 9.65. The van der Waals surface area contributed by atoms with Gasteiger partial charge in [0.15, 0.2) is 0 Å². The first-order valence-electron chi connectivity index (χ1n) is 7.70. The highest BCUT2D eigenvalue weighted by molar-refractivity contribution is 5.25. The average molecular weight is 259 g/mol. The second-order valence-corrected chi connectivity index (χ2v) is 6.19. The zero-order chi connectivity index (χ0) is 13.1. The number of benzene rings is 1. The molecule has 1 N–H and O–H groups in total. The second kappa shape index (κ2) is 6.06. The monoisotopic (exact) mass is 259 g/mol. The maximum atomic E-state index is 5.44. The molecule has 2 nitrogen and oxygen atoms in total. The first kappa shape index (κ1) is 13.1. The Kier molecular flexibility index (Phi) is 4.19. The zero-order valence-electron chi connectivity index (χ0n) is 11.9. The molecule has 1 heterocycles. The topological polar surface area (TPSA) is 21.3 Å². The van der Waals surface area contributed by atoms with Gasteiger partial charge in [0.2, 0.25) is 0 Å². The molecule has 1 aromatic rings. The quantitative estimate of drug-likeness (QED) is 0.874. The van der Waals surface area contributed by atoms with Crippen LogP contribution in [0, 0.1) is 18.8 Å². The molecule has 104 valence electrons. The molecule has 19 heavy (non-hydrogen) atoms. The molecule has 1 unspecified atom stereocenters. The molecule has 1 aliphatic carbocycles. The van der Waals surface area contributed by atoms with Gasteiger partial charge in [0, 0.05) is 19.3 Å². The maximum absolute atomic E-state index is 5.44. The fourth-order valence-electron chi connectivity index (χ4n) is 3.00. The van der Waals surface area contributed by atoms with Gasteiger partial charge in [-0.2, -0.15) is 0 Å². The summed E-state index contributed by atoms with van der Waals surface area (Å²) >= 11 is 0. The molecule has 2 heteroatoms. The Bertz CT molecular complexity index is 390. The van der Waals surface area contributed by atoms with Crippen molar-refractivity contribution in [2.24, 2.45) is 11.8 Å². The maximum Gasteiger partial charge on any atom is 0.0469 e. The number of rotatable bonds is 5. The summed E-state index contributed by atoms with van der Waals surface area (Å²) in [4.78, 5) is 0. The van der Waals surface area contributed by atoms with Crippen LogP contribution in [-0.4, -0.2) is 19.8 Å². The minimum Gasteiger partial charge on any atom is -0.381 e. The van der Waals surface area contributed by atoms with Gasteiger partial charge in [-0.25, -0.2) is 0 Å². The number of ether oxygens (including phenoxy) is 1. The Labute approximate surface area is 116 Å². The van der Waals surface area contributed by atoms with Crippen molar-refractivity contribution in [3.05, 3.63) is 35.4 Å². The third kappa shape index (κ3) is 3.58. The SMILES string of the molecule is Cc1ccc(C(NCC2CCOCC2)C2CC2)cc1. The molecule has 3 rings (SSSR count).